The van der Waals surface area contributed by atoms with Crippen molar-refractivity contribution in [2.24, 2.45) is 5.92 Å². The number of carbonyl (C=O) groups is 1. The zero-order valence-electron chi connectivity index (χ0n) is 13.1. The molecule has 1 aliphatic carbocycles. The minimum absolute atomic E-state index is 0.205. The second kappa shape index (κ2) is 6.18. The first-order valence-corrected chi connectivity index (χ1v) is 8.25. The number of benzene rings is 1. The van der Waals surface area contributed by atoms with Crippen LogP contribution in [0.25, 0.3) is 0 Å². The molecule has 114 valence electrons. The Bertz CT molecular complexity index is 479. The van der Waals surface area contributed by atoms with Crippen molar-refractivity contribution in [3.8, 4) is 0 Å². The molecule has 3 unspecified atom stereocenters. The van der Waals surface area contributed by atoms with Crippen LogP contribution in [0.15, 0.2) is 30.3 Å². The Morgan fingerprint density at radius 3 is 2.71 bits per heavy atom. The lowest BCUT2D eigenvalue weighted by Crippen LogP contribution is -2.45. The first-order valence-electron chi connectivity index (χ1n) is 8.25. The summed E-state index contributed by atoms with van der Waals surface area (Å²) in [7, 11) is 0. The van der Waals surface area contributed by atoms with Crippen molar-refractivity contribution in [3.05, 3.63) is 35.9 Å². The average Bonchev–Trinajstić information content (AvgIpc) is 3.13. The van der Waals surface area contributed by atoms with Gasteiger partial charge in [0, 0.05) is 24.5 Å². The minimum atomic E-state index is 0.205. The van der Waals surface area contributed by atoms with Gasteiger partial charge in [-0.2, -0.15) is 0 Å². The summed E-state index contributed by atoms with van der Waals surface area (Å²) in [4.78, 5) is 14.9. The normalized spacial score (nSPS) is 27.9. The molecule has 1 aromatic rings. The van der Waals surface area contributed by atoms with Crippen molar-refractivity contribution in [3.63, 3.8) is 0 Å². The van der Waals surface area contributed by atoms with Gasteiger partial charge in [0.2, 0.25) is 5.91 Å². The van der Waals surface area contributed by atoms with Crippen LogP contribution in [0.3, 0.4) is 0 Å². The van der Waals surface area contributed by atoms with Crippen molar-refractivity contribution < 1.29 is 4.79 Å². The van der Waals surface area contributed by atoms with Gasteiger partial charge in [0.1, 0.15) is 0 Å². The Labute approximate surface area is 127 Å². The fourth-order valence-corrected chi connectivity index (χ4v) is 3.45. The molecule has 3 heteroatoms. The highest BCUT2D eigenvalue weighted by Crippen LogP contribution is 2.48. The number of rotatable bonds is 5. The third kappa shape index (κ3) is 3.29. The Hall–Kier alpha value is -1.35. The maximum absolute atomic E-state index is 12.8. The molecule has 1 saturated heterocycles. The molecule has 1 heterocycles. The Morgan fingerprint density at radius 2 is 2.10 bits per heavy atom. The lowest BCUT2D eigenvalue weighted by atomic mass is 10.1. The van der Waals surface area contributed by atoms with Gasteiger partial charge in [-0.15, -0.1) is 0 Å². The van der Waals surface area contributed by atoms with Gasteiger partial charge in [0.15, 0.2) is 0 Å². The number of hydrogen-bond donors (Lipinski definition) is 1. The van der Waals surface area contributed by atoms with E-state index in [4.69, 9.17) is 0 Å². The van der Waals surface area contributed by atoms with Crippen molar-refractivity contribution in [1.29, 1.82) is 0 Å². The van der Waals surface area contributed by atoms with Crippen molar-refractivity contribution >= 4 is 5.91 Å². The van der Waals surface area contributed by atoms with Crippen molar-refractivity contribution in [1.82, 2.24) is 10.2 Å². The summed E-state index contributed by atoms with van der Waals surface area (Å²) in [6, 6.07) is 11.2. The zero-order chi connectivity index (χ0) is 14.8. The van der Waals surface area contributed by atoms with Crippen LogP contribution in [0.4, 0.5) is 0 Å². The Balaban J connectivity index is 1.62. The van der Waals surface area contributed by atoms with E-state index in [0.717, 1.165) is 19.5 Å². The van der Waals surface area contributed by atoms with E-state index in [0.29, 0.717) is 17.9 Å². The van der Waals surface area contributed by atoms with Crippen LogP contribution < -0.4 is 5.32 Å². The lowest BCUT2D eigenvalue weighted by molar-refractivity contribution is -0.134. The van der Waals surface area contributed by atoms with E-state index < -0.39 is 0 Å². The van der Waals surface area contributed by atoms with Crippen molar-refractivity contribution in [2.45, 2.75) is 51.1 Å². The molecular formula is C18H26N2O. The molecular weight excluding hydrogens is 260 g/mol. The maximum atomic E-state index is 12.8. The van der Waals surface area contributed by atoms with Gasteiger partial charge in [-0.25, -0.2) is 0 Å². The van der Waals surface area contributed by atoms with E-state index in [1.165, 1.54) is 18.4 Å². The summed E-state index contributed by atoms with van der Waals surface area (Å²) in [5.74, 6) is 1.00. The summed E-state index contributed by atoms with van der Waals surface area (Å²) in [5, 5.41) is 3.51. The molecule has 21 heavy (non-hydrogen) atoms. The van der Waals surface area contributed by atoms with Crippen LogP contribution in [0, 0.1) is 5.92 Å². The van der Waals surface area contributed by atoms with E-state index in [1.807, 2.05) is 6.07 Å². The molecule has 3 atom stereocenters. The van der Waals surface area contributed by atoms with Crippen molar-refractivity contribution in [2.75, 3.05) is 13.1 Å². The molecule has 0 radical (unpaired) electrons. The number of carbonyl (C=O) groups excluding carboxylic acids is 1. The molecule has 0 bridgehead atoms. The predicted octanol–water partition coefficient (Wildman–Crippen LogP) is 2.78. The smallest absolute Gasteiger partial charge is 0.226 e. The van der Waals surface area contributed by atoms with Gasteiger partial charge < -0.3 is 10.2 Å². The summed E-state index contributed by atoms with van der Waals surface area (Å²) in [6.07, 6.45) is 3.45. The third-order valence-corrected chi connectivity index (χ3v) is 4.82. The summed E-state index contributed by atoms with van der Waals surface area (Å²) in [6.45, 7) is 6.23. The van der Waals surface area contributed by atoms with Crippen LogP contribution in [-0.4, -0.2) is 36.0 Å². The SMILES string of the molecule is CC(C)N(CC1CCCN1)C(=O)C1CC1c1ccccc1. The van der Waals surface area contributed by atoms with E-state index in [9.17, 15) is 4.79 Å². The van der Waals surface area contributed by atoms with Gasteiger partial charge >= 0.3 is 0 Å². The fraction of sp³-hybridized carbons (Fsp3) is 0.611. The molecule has 3 rings (SSSR count). The highest BCUT2D eigenvalue weighted by atomic mass is 16.2. The highest BCUT2D eigenvalue weighted by molar-refractivity contribution is 5.83. The second-order valence-electron chi connectivity index (χ2n) is 6.74. The number of hydrogen-bond acceptors (Lipinski definition) is 2. The molecule has 2 fully saturated rings. The molecule has 0 aromatic heterocycles. The van der Waals surface area contributed by atoms with Crippen LogP contribution in [0.5, 0.6) is 0 Å². The summed E-state index contributed by atoms with van der Waals surface area (Å²) >= 11 is 0. The topological polar surface area (TPSA) is 32.3 Å². The van der Waals surface area contributed by atoms with Gasteiger partial charge in [0.25, 0.3) is 0 Å². The number of amides is 1. The predicted molar refractivity (Wildman–Crippen MR) is 85.2 cm³/mol. The molecule has 1 amide bonds. The van der Waals surface area contributed by atoms with Crippen LogP contribution in [-0.2, 0) is 4.79 Å². The molecule has 1 N–H and O–H groups in total. The first-order chi connectivity index (χ1) is 10.2. The van der Waals surface area contributed by atoms with Crippen LogP contribution in [0.2, 0.25) is 0 Å². The quantitative estimate of drug-likeness (QED) is 0.902. The number of nitrogens with zero attached hydrogens (tertiary/aromatic N) is 1. The van der Waals surface area contributed by atoms with Crippen LogP contribution >= 0.6 is 0 Å². The van der Waals surface area contributed by atoms with Gasteiger partial charge in [0.05, 0.1) is 0 Å². The third-order valence-electron chi connectivity index (χ3n) is 4.82. The summed E-state index contributed by atoms with van der Waals surface area (Å²) < 4.78 is 0. The minimum Gasteiger partial charge on any atom is -0.338 e. The fourth-order valence-electron chi connectivity index (χ4n) is 3.45. The second-order valence-corrected chi connectivity index (χ2v) is 6.74. The van der Waals surface area contributed by atoms with Gasteiger partial charge in [-0.3, -0.25) is 4.79 Å². The molecule has 1 saturated carbocycles. The van der Waals surface area contributed by atoms with Crippen LogP contribution in [0.1, 0.15) is 44.6 Å². The highest BCUT2D eigenvalue weighted by Gasteiger charge is 2.46. The van der Waals surface area contributed by atoms with E-state index in [-0.39, 0.29) is 12.0 Å². The number of nitrogens with one attached hydrogen (secondary N) is 1. The zero-order valence-corrected chi connectivity index (χ0v) is 13.1. The molecule has 1 aliphatic heterocycles. The Morgan fingerprint density at radius 1 is 1.33 bits per heavy atom. The molecule has 0 spiro atoms. The molecule has 1 aromatic carbocycles. The first kappa shape index (κ1) is 14.6. The molecule has 3 nitrogen and oxygen atoms in total. The van der Waals surface area contributed by atoms with E-state index in [1.54, 1.807) is 0 Å². The summed E-state index contributed by atoms with van der Waals surface area (Å²) in [5.41, 5.74) is 1.32. The largest absolute Gasteiger partial charge is 0.338 e. The maximum Gasteiger partial charge on any atom is 0.226 e. The standard InChI is InChI=1S/C18H26N2O/c1-13(2)20(12-15-9-6-10-19-15)18(21)17-11-16(17)14-7-4-3-5-8-14/h3-5,7-8,13,15-17,19H,6,9-12H2,1-2H3. The average molecular weight is 286 g/mol. The molecule has 2 aliphatic rings. The van der Waals surface area contributed by atoms with E-state index in [2.05, 4.69) is 48.3 Å². The monoisotopic (exact) mass is 286 g/mol. The van der Waals surface area contributed by atoms with E-state index >= 15 is 0 Å². The van der Waals surface area contributed by atoms with Gasteiger partial charge in [-0.1, -0.05) is 30.3 Å². The Kier molecular flexibility index (Phi) is 4.29. The lowest BCUT2D eigenvalue weighted by Gasteiger charge is -2.30. The van der Waals surface area contributed by atoms with Gasteiger partial charge in [-0.05, 0) is 51.1 Å².